The first-order chi connectivity index (χ1) is 12.1. The Hall–Kier alpha value is -2.40. The molecule has 2 aromatic rings. The molecule has 0 saturated heterocycles. The maximum Gasteiger partial charge on any atom is 0.231 e. The number of aryl methyl sites for hydroxylation is 1. The van der Waals surface area contributed by atoms with Gasteiger partial charge in [0.05, 0.1) is 6.54 Å². The van der Waals surface area contributed by atoms with Crippen molar-refractivity contribution in [3.05, 3.63) is 53.1 Å². The van der Waals surface area contributed by atoms with Crippen LogP contribution in [0.4, 0.5) is 0 Å². The fraction of sp³-hybridized carbons (Fsp3) is 0.316. The molecule has 1 aliphatic heterocycles. The molecule has 0 atom stereocenters. The average Bonchev–Trinajstić information content (AvgIpc) is 3.09. The summed E-state index contributed by atoms with van der Waals surface area (Å²) in [5.41, 5.74) is 1.06. The molecule has 0 fully saturated rings. The van der Waals surface area contributed by atoms with Crippen LogP contribution in [0.2, 0.25) is 5.02 Å². The fourth-order valence-corrected chi connectivity index (χ4v) is 2.62. The van der Waals surface area contributed by atoms with Crippen molar-refractivity contribution in [1.29, 1.82) is 0 Å². The molecular formula is C19H20ClNO4. The third-order valence-corrected chi connectivity index (χ3v) is 4.25. The molecule has 0 N–H and O–H groups in total. The number of hydrogen-bond donors (Lipinski definition) is 0. The molecule has 1 amide bonds. The lowest BCUT2D eigenvalue weighted by molar-refractivity contribution is -0.130. The summed E-state index contributed by atoms with van der Waals surface area (Å²) in [6.07, 6.45) is 1.11. The van der Waals surface area contributed by atoms with Crippen molar-refractivity contribution in [2.24, 2.45) is 0 Å². The molecule has 0 radical (unpaired) electrons. The smallest absolute Gasteiger partial charge is 0.231 e. The van der Waals surface area contributed by atoms with Gasteiger partial charge in [0.1, 0.15) is 12.4 Å². The first-order valence-electron chi connectivity index (χ1n) is 8.13. The summed E-state index contributed by atoms with van der Waals surface area (Å²) in [6.45, 7) is 1.23. The monoisotopic (exact) mass is 361 g/mol. The zero-order chi connectivity index (χ0) is 17.6. The molecule has 2 aromatic carbocycles. The van der Waals surface area contributed by atoms with Crippen LogP contribution in [0.25, 0.3) is 0 Å². The van der Waals surface area contributed by atoms with E-state index in [0.29, 0.717) is 31.0 Å². The first kappa shape index (κ1) is 17.4. The van der Waals surface area contributed by atoms with Gasteiger partial charge in [0.15, 0.2) is 11.5 Å². The molecule has 1 aliphatic rings. The number of carbonyl (C=O) groups excluding carboxylic acids is 1. The number of ether oxygens (including phenoxy) is 3. The quantitative estimate of drug-likeness (QED) is 0.756. The number of nitrogens with zero attached hydrogens (tertiary/aromatic N) is 1. The van der Waals surface area contributed by atoms with Gasteiger partial charge < -0.3 is 19.1 Å². The van der Waals surface area contributed by atoms with Crippen LogP contribution in [0, 0.1) is 0 Å². The van der Waals surface area contributed by atoms with Crippen molar-refractivity contribution in [3.63, 3.8) is 0 Å². The Kier molecular flexibility index (Phi) is 5.66. The highest BCUT2D eigenvalue weighted by atomic mass is 35.5. The van der Waals surface area contributed by atoms with E-state index in [4.69, 9.17) is 25.8 Å². The minimum absolute atomic E-state index is 0.0809. The maximum absolute atomic E-state index is 12.2. The molecule has 132 valence electrons. The van der Waals surface area contributed by atoms with E-state index >= 15 is 0 Å². The standard InChI is InChI=1S/C19H20ClNO4/c1-21(10-11-23-16-6-4-15(20)5-7-16)19(22)9-3-14-2-8-17-18(12-14)25-13-24-17/h2,4-8,12H,3,9-11,13H2,1H3. The van der Waals surface area contributed by atoms with Crippen molar-refractivity contribution < 1.29 is 19.0 Å². The number of halogens is 1. The van der Waals surface area contributed by atoms with E-state index < -0.39 is 0 Å². The van der Waals surface area contributed by atoms with Crippen LogP contribution in [-0.4, -0.2) is 37.8 Å². The lowest BCUT2D eigenvalue weighted by atomic mass is 10.1. The van der Waals surface area contributed by atoms with Gasteiger partial charge in [0.2, 0.25) is 12.7 Å². The summed E-state index contributed by atoms with van der Waals surface area (Å²) >= 11 is 5.83. The van der Waals surface area contributed by atoms with Gasteiger partial charge in [-0.1, -0.05) is 17.7 Å². The fourth-order valence-electron chi connectivity index (χ4n) is 2.49. The molecule has 0 bridgehead atoms. The van der Waals surface area contributed by atoms with Crippen LogP contribution < -0.4 is 14.2 Å². The van der Waals surface area contributed by atoms with E-state index in [2.05, 4.69) is 0 Å². The highest BCUT2D eigenvalue weighted by molar-refractivity contribution is 6.30. The van der Waals surface area contributed by atoms with E-state index in [1.165, 1.54) is 0 Å². The SMILES string of the molecule is CN(CCOc1ccc(Cl)cc1)C(=O)CCc1ccc2c(c1)OCO2. The van der Waals surface area contributed by atoms with Crippen molar-refractivity contribution >= 4 is 17.5 Å². The number of amides is 1. The summed E-state index contributed by atoms with van der Waals surface area (Å²) < 4.78 is 16.3. The second-order valence-electron chi connectivity index (χ2n) is 5.81. The molecule has 0 aromatic heterocycles. The molecule has 25 heavy (non-hydrogen) atoms. The van der Waals surface area contributed by atoms with Crippen molar-refractivity contribution in [3.8, 4) is 17.2 Å². The number of carbonyl (C=O) groups is 1. The van der Waals surface area contributed by atoms with E-state index in [0.717, 1.165) is 22.8 Å². The van der Waals surface area contributed by atoms with Crippen LogP contribution in [-0.2, 0) is 11.2 Å². The number of fused-ring (bicyclic) bond motifs is 1. The highest BCUT2D eigenvalue weighted by Crippen LogP contribution is 2.32. The van der Waals surface area contributed by atoms with Crippen LogP contribution in [0.3, 0.4) is 0 Å². The van der Waals surface area contributed by atoms with E-state index in [9.17, 15) is 4.79 Å². The molecule has 0 unspecified atom stereocenters. The Morgan fingerprint density at radius 3 is 2.72 bits per heavy atom. The van der Waals surface area contributed by atoms with E-state index in [-0.39, 0.29) is 12.7 Å². The Morgan fingerprint density at radius 2 is 1.92 bits per heavy atom. The van der Waals surface area contributed by atoms with Crippen LogP contribution in [0.5, 0.6) is 17.2 Å². The minimum Gasteiger partial charge on any atom is -0.492 e. The van der Waals surface area contributed by atoms with Gasteiger partial charge in [0.25, 0.3) is 0 Å². The molecule has 5 nitrogen and oxygen atoms in total. The highest BCUT2D eigenvalue weighted by Gasteiger charge is 2.14. The van der Waals surface area contributed by atoms with E-state index in [1.54, 1.807) is 24.1 Å². The van der Waals surface area contributed by atoms with Gasteiger partial charge in [-0.2, -0.15) is 0 Å². The second kappa shape index (κ2) is 8.12. The summed E-state index contributed by atoms with van der Waals surface area (Å²) in [4.78, 5) is 13.9. The third-order valence-electron chi connectivity index (χ3n) is 4.00. The number of benzene rings is 2. The van der Waals surface area contributed by atoms with E-state index in [1.807, 2.05) is 30.3 Å². The van der Waals surface area contributed by atoms with Crippen molar-refractivity contribution in [2.75, 3.05) is 27.0 Å². The zero-order valence-corrected chi connectivity index (χ0v) is 14.8. The Labute approximate surface area is 152 Å². The molecule has 0 spiro atoms. The van der Waals surface area contributed by atoms with Gasteiger partial charge in [-0.3, -0.25) is 4.79 Å². The normalized spacial score (nSPS) is 12.1. The van der Waals surface area contributed by atoms with Gasteiger partial charge in [-0.05, 0) is 48.4 Å². The van der Waals surface area contributed by atoms with Gasteiger partial charge in [0, 0.05) is 18.5 Å². The number of rotatable bonds is 7. The summed E-state index contributed by atoms with van der Waals surface area (Å²) in [7, 11) is 1.78. The summed E-state index contributed by atoms with van der Waals surface area (Å²) in [6, 6.07) is 12.9. The molecule has 0 aliphatic carbocycles. The average molecular weight is 362 g/mol. The molecular weight excluding hydrogens is 342 g/mol. The van der Waals surface area contributed by atoms with Gasteiger partial charge in [-0.25, -0.2) is 0 Å². The Balaban J connectivity index is 1.40. The molecule has 0 saturated carbocycles. The summed E-state index contributed by atoms with van der Waals surface area (Å²) in [5, 5.41) is 0.670. The second-order valence-corrected chi connectivity index (χ2v) is 6.24. The minimum atomic E-state index is 0.0809. The Bertz CT molecular complexity index is 733. The molecule has 6 heteroatoms. The van der Waals surface area contributed by atoms with Crippen LogP contribution >= 0.6 is 11.6 Å². The van der Waals surface area contributed by atoms with Crippen molar-refractivity contribution in [1.82, 2.24) is 4.90 Å². The first-order valence-corrected chi connectivity index (χ1v) is 8.50. The topological polar surface area (TPSA) is 48.0 Å². The molecule has 1 heterocycles. The largest absolute Gasteiger partial charge is 0.492 e. The lowest BCUT2D eigenvalue weighted by Gasteiger charge is -2.17. The summed E-state index contributed by atoms with van der Waals surface area (Å²) in [5.74, 6) is 2.32. The lowest BCUT2D eigenvalue weighted by Crippen LogP contribution is -2.31. The Morgan fingerprint density at radius 1 is 1.16 bits per heavy atom. The van der Waals surface area contributed by atoms with Crippen LogP contribution in [0.15, 0.2) is 42.5 Å². The maximum atomic E-state index is 12.2. The number of likely N-dealkylation sites (N-methyl/N-ethyl adjacent to an activating group) is 1. The predicted molar refractivity (Wildman–Crippen MR) is 95.5 cm³/mol. The van der Waals surface area contributed by atoms with Gasteiger partial charge >= 0.3 is 0 Å². The molecule has 3 rings (SSSR count). The van der Waals surface area contributed by atoms with Crippen LogP contribution in [0.1, 0.15) is 12.0 Å². The predicted octanol–water partition coefficient (Wildman–Crippen LogP) is 3.54. The number of hydrogen-bond acceptors (Lipinski definition) is 4. The zero-order valence-electron chi connectivity index (χ0n) is 14.0. The van der Waals surface area contributed by atoms with Gasteiger partial charge in [-0.15, -0.1) is 0 Å². The van der Waals surface area contributed by atoms with Crippen molar-refractivity contribution in [2.45, 2.75) is 12.8 Å². The third kappa shape index (κ3) is 4.79.